The molecule has 3 atom stereocenters. The van der Waals surface area contributed by atoms with Crippen molar-refractivity contribution in [1.82, 2.24) is 4.90 Å². The number of rotatable bonds is 5. The Morgan fingerprint density at radius 1 is 1.43 bits per heavy atom. The molecule has 11 heteroatoms. The van der Waals surface area contributed by atoms with Gasteiger partial charge in [-0.25, -0.2) is 4.79 Å². The Bertz CT molecular complexity index is 849. The molecule has 3 rings (SSSR count). The number of primary amides is 1. The number of carbonyl (C=O) groups is 4. The van der Waals surface area contributed by atoms with E-state index < -0.39 is 29.4 Å². The number of β-lactam (4-membered cyclic amide) rings is 1. The minimum absolute atomic E-state index is 0.0866. The van der Waals surface area contributed by atoms with Crippen LogP contribution < -0.4 is 21.7 Å². The molecular formula is C17H21N5O5S. The maximum absolute atomic E-state index is 12.8. The highest BCUT2D eigenvalue weighted by Crippen LogP contribution is 2.44. The Kier molecular flexibility index (Phi) is 5.22. The number of nitrogens with one attached hydrogen (secondary N) is 1. The van der Waals surface area contributed by atoms with Crippen molar-refractivity contribution >= 4 is 47.0 Å². The molecule has 0 saturated carbocycles. The van der Waals surface area contributed by atoms with Crippen molar-refractivity contribution in [3.8, 4) is 0 Å². The van der Waals surface area contributed by atoms with Gasteiger partial charge in [-0.3, -0.25) is 19.3 Å². The van der Waals surface area contributed by atoms with Crippen LogP contribution in [0.3, 0.4) is 0 Å². The van der Waals surface area contributed by atoms with Crippen molar-refractivity contribution in [2.24, 2.45) is 16.9 Å². The molecular weight excluding hydrogens is 386 g/mol. The molecule has 2 heterocycles. The van der Waals surface area contributed by atoms with Crippen molar-refractivity contribution in [2.75, 3.05) is 29.1 Å². The molecule has 150 valence electrons. The smallest absolute Gasteiger partial charge is 0.316 e. The van der Waals surface area contributed by atoms with Crippen molar-refractivity contribution in [1.29, 1.82) is 0 Å². The summed E-state index contributed by atoms with van der Waals surface area (Å²) in [5.74, 6) is -1.43. The minimum atomic E-state index is -1.03. The third-order valence-corrected chi connectivity index (χ3v) is 6.49. The minimum Gasteiger partial charge on any atom is -0.481 e. The Morgan fingerprint density at radius 3 is 2.75 bits per heavy atom. The van der Waals surface area contributed by atoms with Crippen LogP contribution in [0, 0.1) is 5.41 Å². The van der Waals surface area contributed by atoms with Gasteiger partial charge in [-0.1, -0.05) is 6.07 Å². The second-order valence-corrected chi connectivity index (χ2v) is 8.09. The van der Waals surface area contributed by atoms with Crippen molar-refractivity contribution < 1.29 is 24.3 Å². The largest absolute Gasteiger partial charge is 0.481 e. The first-order valence-corrected chi connectivity index (χ1v) is 9.57. The number of carboxylic acid groups (broad SMARTS) is 1. The van der Waals surface area contributed by atoms with Crippen LogP contribution in [0.2, 0.25) is 0 Å². The predicted octanol–water partition coefficient (Wildman–Crippen LogP) is -0.156. The van der Waals surface area contributed by atoms with Crippen molar-refractivity contribution in [3.05, 3.63) is 24.3 Å². The highest BCUT2D eigenvalue weighted by Gasteiger charge is 2.58. The molecule has 1 aromatic carbocycles. The van der Waals surface area contributed by atoms with Gasteiger partial charge < -0.3 is 26.8 Å². The van der Waals surface area contributed by atoms with Crippen LogP contribution in [0.1, 0.15) is 6.92 Å². The number of benzene rings is 1. The van der Waals surface area contributed by atoms with E-state index >= 15 is 0 Å². The highest BCUT2D eigenvalue weighted by molar-refractivity contribution is 8.00. The SMILES string of the molecule is CC1(C(=O)O)CS[C@@H]2C(N(C(=O)CN)c3cccc(NC(N)=O)c3)C(=O)N2C1. The van der Waals surface area contributed by atoms with Crippen molar-refractivity contribution in [3.63, 3.8) is 0 Å². The number of hydrogen-bond donors (Lipinski definition) is 4. The standard InChI is InChI=1S/C17H21N5O5S/c1-17(15(25)26)7-21-13(24)12(14(21)28-8-17)22(11(23)6-18)10-4-2-3-9(5-10)20-16(19)27/h2-5,12,14H,6-8,18H2,1H3,(H,25,26)(H3,19,20,27)/t12?,14-,17?/m1/s1. The molecule has 1 aromatic rings. The van der Waals surface area contributed by atoms with E-state index in [-0.39, 0.29) is 24.4 Å². The molecule has 0 aliphatic carbocycles. The van der Waals surface area contributed by atoms with Gasteiger partial charge in [0.15, 0.2) is 0 Å². The highest BCUT2D eigenvalue weighted by atomic mass is 32.2. The third-order valence-electron chi connectivity index (χ3n) is 4.84. The van der Waals surface area contributed by atoms with Gasteiger partial charge in [0, 0.05) is 23.7 Å². The molecule has 2 aliphatic rings. The number of urea groups is 1. The summed E-state index contributed by atoms with van der Waals surface area (Å²) < 4.78 is 0. The van der Waals surface area contributed by atoms with Crippen LogP contribution >= 0.6 is 11.8 Å². The molecule has 2 fully saturated rings. The molecule has 2 aliphatic heterocycles. The molecule has 4 amide bonds. The number of carboxylic acids is 1. The number of nitrogens with zero attached hydrogens (tertiary/aromatic N) is 2. The third kappa shape index (κ3) is 3.38. The van der Waals surface area contributed by atoms with Gasteiger partial charge in [-0.15, -0.1) is 11.8 Å². The maximum atomic E-state index is 12.8. The lowest BCUT2D eigenvalue weighted by atomic mass is 9.89. The summed E-state index contributed by atoms with van der Waals surface area (Å²) in [4.78, 5) is 50.7. The maximum Gasteiger partial charge on any atom is 0.316 e. The van der Waals surface area contributed by atoms with E-state index in [4.69, 9.17) is 11.5 Å². The number of nitrogens with two attached hydrogens (primary N) is 2. The summed E-state index contributed by atoms with van der Waals surface area (Å²) in [7, 11) is 0. The fourth-order valence-electron chi connectivity index (χ4n) is 3.35. The van der Waals surface area contributed by atoms with E-state index in [1.54, 1.807) is 25.1 Å². The van der Waals surface area contributed by atoms with E-state index in [9.17, 15) is 24.3 Å². The van der Waals surface area contributed by atoms with Gasteiger partial charge in [0.05, 0.1) is 12.0 Å². The predicted molar refractivity (Wildman–Crippen MR) is 104 cm³/mol. The first-order valence-electron chi connectivity index (χ1n) is 8.52. The average molecular weight is 407 g/mol. The summed E-state index contributed by atoms with van der Waals surface area (Å²) in [6, 6.07) is 4.84. The van der Waals surface area contributed by atoms with E-state index in [0.29, 0.717) is 17.1 Å². The molecule has 6 N–H and O–H groups in total. The molecule has 0 spiro atoms. The fraction of sp³-hybridized carbons (Fsp3) is 0.412. The van der Waals surface area contributed by atoms with E-state index in [2.05, 4.69) is 5.32 Å². The van der Waals surface area contributed by atoms with Crippen molar-refractivity contribution in [2.45, 2.75) is 18.3 Å². The number of hydrogen-bond acceptors (Lipinski definition) is 6. The number of carbonyl (C=O) groups excluding carboxylic acids is 3. The lowest BCUT2D eigenvalue weighted by molar-refractivity contribution is -0.156. The van der Waals surface area contributed by atoms with Crippen LogP contribution in [-0.4, -0.2) is 64.1 Å². The van der Waals surface area contributed by atoms with Gasteiger partial charge in [0.2, 0.25) is 11.8 Å². The molecule has 2 unspecified atom stereocenters. The number of aliphatic carboxylic acids is 1. The van der Waals surface area contributed by atoms with Crippen LogP contribution in [0.5, 0.6) is 0 Å². The Morgan fingerprint density at radius 2 is 2.14 bits per heavy atom. The second kappa shape index (κ2) is 7.32. The van der Waals surface area contributed by atoms with Crippen LogP contribution in [0.15, 0.2) is 24.3 Å². The molecule has 0 bridgehead atoms. The van der Waals surface area contributed by atoms with Gasteiger partial charge >= 0.3 is 12.0 Å². The first-order chi connectivity index (χ1) is 13.2. The molecule has 28 heavy (non-hydrogen) atoms. The summed E-state index contributed by atoms with van der Waals surface area (Å²) in [5.41, 5.74) is 10.4. The first kappa shape index (κ1) is 20.0. The fourth-order valence-corrected chi connectivity index (χ4v) is 4.88. The average Bonchev–Trinajstić information content (AvgIpc) is 2.65. The lowest BCUT2D eigenvalue weighted by Crippen LogP contribution is -2.74. The van der Waals surface area contributed by atoms with Crippen LogP contribution in [0.4, 0.5) is 16.2 Å². The van der Waals surface area contributed by atoms with Gasteiger partial charge in [-0.2, -0.15) is 0 Å². The van der Waals surface area contributed by atoms with Gasteiger partial charge in [0.1, 0.15) is 11.4 Å². The topological polar surface area (TPSA) is 159 Å². The summed E-state index contributed by atoms with van der Waals surface area (Å²) >= 11 is 1.33. The summed E-state index contributed by atoms with van der Waals surface area (Å²) in [5, 5.41) is 11.5. The Balaban J connectivity index is 1.89. The monoisotopic (exact) mass is 407 g/mol. The zero-order chi connectivity index (χ0) is 20.6. The zero-order valence-corrected chi connectivity index (χ0v) is 15.9. The van der Waals surface area contributed by atoms with E-state index in [1.807, 2.05) is 0 Å². The quantitative estimate of drug-likeness (QED) is 0.494. The van der Waals surface area contributed by atoms with E-state index in [0.717, 1.165) is 0 Å². The van der Waals surface area contributed by atoms with Crippen LogP contribution in [0.25, 0.3) is 0 Å². The normalized spacial score (nSPS) is 26.1. The molecule has 2 saturated heterocycles. The second-order valence-electron chi connectivity index (χ2n) is 6.99. The summed E-state index contributed by atoms with van der Waals surface area (Å²) in [6.45, 7) is 1.38. The zero-order valence-electron chi connectivity index (χ0n) is 15.1. The van der Waals surface area contributed by atoms with E-state index in [1.165, 1.54) is 27.6 Å². The molecule has 0 radical (unpaired) electrons. The Hall–Kier alpha value is -2.79. The molecule has 10 nitrogen and oxygen atoms in total. The Labute approximate surface area is 165 Å². The lowest BCUT2D eigenvalue weighted by Gasteiger charge is -2.55. The van der Waals surface area contributed by atoms with Gasteiger partial charge in [0.25, 0.3) is 0 Å². The number of amides is 4. The number of anilines is 2. The number of fused-ring (bicyclic) bond motifs is 1. The number of thioether (sulfide) groups is 1. The molecule has 0 aromatic heterocycles. The summed E-state index contributed by atoms with van der Waals surface area (Å²) in [6.07, 6.45) is 0. The van der Waals surface area contributed by atoms with Crippen LogP contribution in [-0.2, 0) is 14.4 Å². The van der Waals surface area contributed by atoms with Gasteiger partial charge in [-0.05, 0) is 25.1 Å².